The lowest BCUT2D eigenvalue weighted by Crippen LogP contribution is -1.91. The normalized spacial score (nSPS) is 10.4. The summed E-state index contributed by atoms with van der Waals surface area (Å²) in [6, 6.07) is 23.5. The highest BCUT2D eigenvalue weighted by Gasteiger charge is 2.05. The van der Waals surface area contributed by atoms with E-state index in [-0.39, 0.29) is 11.6 Å². The Bertz CT molecular complexity index is 815. The molecule has 0 fully saturated rings. The van der Waals surface area contributed by atoms with Crippen molar-refractivity contribution in [2.75, 3.05) is 0 Å². The van der Waals surface area contributed by atoms with Gasteiger partial charge in [-0.05, 0) is 42.2 Å². The first-order valence-corrected chi connectivity index (χ1v) is 7.87. The number of rotatable bonds is 4. The molecule has 0 unspecified atom stereocenters. The van der Waals surface area contributed by atoms with E-state index in [4.69, 9.17) is 0 Å². The Morgan fingerprint density at radius 1 is 0.542 bits per heavy atom. The van der Waals surface area contributed by atoms with Gasteiger partial charge in [0.2, 0.25) is 0 Å². The first-order valence-electron chi connectivity index (χ1n) is 7.87. The molecule has 0 amide bonds. The summed E-state index contributed by atoms with van der Waals surface area (Å²) >= 11 is 0. The van der Waals surface area contributed by atoms with Crippen molar-refractivity contribution in [1.29, 1.82) is 0 Å². The maximum Gasteiger partial charge on any atom is 0.159 e. The third kappa shape index (κ3) is 3.33. The third-order valence-electron chi connectivity index (χ3n) is 4.11. The molecule has 0 N–H and O–H groups in total. The summed E-state index contributed by atoms with van der Waals surface area (Å²) in [6.45, 7) is 3.14. The Hall–Kier alpha value is -3.00. The van der Waals surface area contributed by atoms with Crippen LogP contribution in [0.1, 0.15) is 34.6 Å². The third-order valence-corrected chi connectivity index (χ3v) is 4.11. The lowest BCUT2D eigenvalue weighted by atomic mass is 9.97. The summed E-state index contributed by atoms with van der Waals surface area (Å²) in [4.78, 5) is 22.8. The average Bonchev–Trinajstić information content (AvgIpc) is 2.62. The zero-order chi connectivity index (χ0) is 17.1. The van der Waals surface area contributed by atoms with Gasteiger partial charge < -0.3 is 0 Å². The number of ketones is 2. The van der Waals surface area contributed by atoms with Gasteiger partial charge in [0.1, 0.15) is 0 Å². The van der Waals surface area contributed by atoms with Crippen molar-refractivity contribution >= 4 is 11.6 Å². The molecule has 0 aliphatic heterocycles. The van der Waals surface area contributed by atoms with E-state index >= 15 is 0 Å². The average molecular weight is 314 g/mol. The van der Waals surface area contributed by atoms with Crippen LogP contribution in [0.15, 0.2) is 72.8 Å². The molecule has 118 valence electrons. The van der Waals surface area contributed by atoms with Crippen LogP contribution in [-0.4, -0.2) is 11.6 Å². The molecule has 24 heavy (non-hydrogen) atoms. The van der Waals surface area contributed by atoms with Crippen molar-refractivity contribution < 1.29 is 9.59 Å². The van der Waals surface area contributed by atoms with Gasteiger partial charge in [-0.1, -0.05) is 66.7 Å². The zero-order valence-corrected chi connectivity index (χ0v) is 13.7. The standard InChI is InChI=1S/C22H18O2/c1-15(23)17-6-10-19(11-7-17)21-4-3-5-22(14-21)20-12-8-18(9-13-20)16(2)24/h3-14H,1-2H3. The number of carbonyl (C=O) groups is 2. The Morgan fingerprint density at radius 2 is 0.917 bits per heavy atom. The van der Waals surface area contributed by atoms with E-state index in [0.717, 1.165) is 33.4 Å². The van der Waals surface area contributed by atoms with Gasteiger partial charge in [-0.3, -0.25) is 9.59 Å². The lowest BCUT2D eigenvalue weighted by Gasteiger charge is -2.07. The minimum Gasteiger partial charge on any atom is -0.295 e. The van der Waals surface area contributed by atoms with Crippen LogP contribution >= 0.6 is 0 Å². The molecule has 0 radical (unpaired) electrons. The Kier molecular flexibility index (Phi) is 4.39. The van der Waals surface area contributed by atoms with E-state index in [2.05, 4.69) is 18.2 Å². The predicted molar refractivity (Wildman–Crippen MR) is 97.3 cm³/mol. The molecule has 0 heterocycles. The molecule has 0 saturated heterocycles. The van der Waals surface area contributed by atoms with E-state index in [1.54, 1.807) is 13.8 Å². The van der Waals surface area contributed by atoms with E-state index < -0.39 is 0 Å². The molecule has 0 saturated carbocycles. The molecule has 3 aromatic carbocycles. The largest absolute Gasteiger partial charge is 0.295 e. The van der Waals surface area contributed by atoms with Crippen molar-refractivity contribution in [3.05, 3.63) is 83.9 Å². The molecule has 3 rings (SSSR count). The highest BCUT2D eigenvalue weighted by Crippen LogP contribution is 2.27. The van der Waals surface area contributed by atoms with Crippen LogP contribution in [0.2, 0.25) is 0 Å². The zero-order valence-electron chi connectivity index (χ0n) is 13.7. The summed E-state index contributed by atoms with van der Waals surface area (Å²) in [5, 5.41) is 0. The summed E-state index contributed by atoms with van der Waals surface area (Å²) in [6.07, 6.45) is 0. The minimum absolute atomic E-state index is 0.0702. The maximum absolute atomic E-state index is 11.4. The molecule has 0 bridgehead atoms. The van der Waals surface area contributed by atoms with Gasteiger partial charge in [0.05, 0.1) is 0 Å². The molecular weight excluding hydrogens is 296 g/mol. The quantitative estimate of drug-likeness (QED) is 0.602. The molecule has 3 aromatic rings. The fourth-order valence-electron chi connectivity index (χ4n) is 2.67. The van der Waals surface area contributed by atoms with E-state index in [1.165, 1.54) is 0 Å². The van der Waals surface area contributed by atoms with Crippen molar-refractivity contribution in [2.45, 2.75) is 13.8 Å². The van der Waals surface area contributed by atoms with Gasteiger partial charge in [-0.25, -0.2) is 0 Å². The first kappa shape index (κ1) is 15.9. The Labute approximate surface area is 141 Å². The molecule has 0 aliphatic rings. The molecule has 2 heteroatoms. The molecule has 0 aliphatic carbocycles. The summed E-state index contributed by atoms with van der Waals surface area (Å²) in [5.74, 6) is 0.140. The van der Waals surface area contributed by atoms with Crippen molar-refractivity contribution in [2.24, 2.45) is 0 Å². The van der Waals surface area contributed by atoms with Crippen LogP contribution < -0.4 is 0 Å². The lowest BCUT2D eigenvalue weighted by molar-refractivity contribution is 0.100. The van der Waals surface area contributed by atoms with Gasteiger partial charge in [0.25, 0.3) is 0 Å². The van der Waals surface area contributed by atoms with Crippen molar-refractivity contribution in [3.8, 4) is 22.3 Å². The number of Topliss-reactive ketones (excluding diaryl/α,β-unsaturated/α-hetero) is 2. The fraction of sp³-hybridized carbons (Fsp3) is 0.0909. The van der Waals surface area contributed by atoms with Crippen molar-refractivity contribution in [3.63, 3.8) is 0 Å². The van der Waals surface area contributed by atoms with Gasteiger partial charge in [0, 0.05) is 11.1 Å². The molecule has 0 aromatic heterocycles. The smallest absolute Gasteiger partial charge is 0.159 e. The van der Waals surface area contributed by atoms with Crippen molar-refractivity contribution in [1.82, 2.24) is 0 Å². The molecular formula is C22H18O2. The van der Waals surface area contributed by atoms with Gasteiger partial charge >= 0.3 is 0 Å². The SMILES string of the molecule is CC(=O)c1ccc(-c2cccc(-c3ccc(C(C)=O)cc3)c2)cc1. The number of carbonyl (C=O) groups excluding carboxylic acids is 2. The second kappa shape index (κ2) is 6.63. The highest BCUT2D eigenvalue weighted by atomic mass is 16.1. The second-order valence-corrected chi connectivity index (χ2v) is 5.85. The predicted octanol–water partition coefficient (Wildman–Crippen LogP) is 5.43. The van der Waals surface area contributed by atoms with Crippen LogP contribution in [0, 0.1) is 0 Å². The Morgan fingerprint density at radius 3 is 1.25 bits per heavy atom. The van der Waals surface area contributed by atoms with Gasteiger partial charge in [0.15, 0.2) is 11.6 Å². The summed E-state index contributed by atoms with van der Waals surface area (Å²) in [5.41, 5.74) is 5.77. The molecule has 0 spiro atoms. The van der Waals surface area contributed by atoms with Crippen LogP contribution in [0.25, 0.3) is 22.3 Å². The fourth-order valence-corrected chi connectivity index (χ4v) is 2.67. The topological polar surface area (TPSA) is 34.1 Å². The number of hydrogen-bond donors (Lipinski definition) is 0. The first-order chi connectivity index (χ1) is 11.5. The summed E-state index contributed by atoms with van der Waals surface area (Å²) in [7, 11) is 0. The summed E-state index contributed by atoms with van der Waals surface area (Å²) < 4.78 is 0. The number of benzene rings is 3. The van der Waals surface area contributed by atoms with E-state index in [0.29, 0.717) is 0 Å². The van der Waals surface area contributed by atoms with Crippen LogP contribution in [0.4, 0.5) is 0 Å². The van der Waals surface area contributed by atoms with E-state index in [9.17, 15) is 9.59 Å². The number of hydrogen-bond acceptors (Lipinski definition) is 2. The van der Waals surface area contributed by atoms with Gasteiger partial charge in [-0.15, -0.1) is 0 Å². The van der Waals surface area contributed by atoms with Crippen LogP contribution in [0.5, 0.6) is 0 Å². The monoisotopic (exact) mass is 314 g/mol. The highest BCUT2D eigenvalue weighted by molar-refractivity contribution is 5.95. The maximum atomic E-state index is 11.4. The Balaban J connectivity index is 1.94. The molecule has 0 atom stereocenters. The van der Waals surface area contributed by atoms with Gasteiger partial charge in [-0.2, -0.15) is 0 Å². The second-order valence-electron chi connectivity index (χ2n) is 5.85. The van der Waals surface area contributed by atoms with Crippen LogP contribution in [-0.2, 0) is 0 Å². The minimum atomic E-state index is 0.0702. The van der Waals surface area contributed by atoms with E-state index in [1.807, 2.05) is 54.6 Å². The van der Waals surface area contributed by atoms with Crippen LogP contribution in [0.3, 0.4) is 0 Å². The molecule has 2 nitrogen and oxygen atoms in total.